The van der Waals surface area contributed by atoms with E-state index in [1.807, 2.05) is 0 Å². The molecule has 0 unspecified atom stereocenters. The lowest BCUT2D eigenvalue weighted by atomic mass is 10.2. The summed E-state index contributed by atoms with van der Waals surface area (Å²) in [5.74, 6) is -4.75. The van der Waals surface area contributed by atoms with Crippen LogP contribution in [0.4, 0.5) is 8.78 Å². The van der Waals surface area contributed by atoms with Gasteiger partial charge in [-0.25, -0.2) is 13.6 Å². The highest BCUT2D eigenvalue weighted by Crippen LogP contribution is 2.38. The average molecular weight is 354 g/mol. The van der Waals surface area contributed by atoms with Crippen LogP contribution in [0.1, 0.15) is 10.4 Å². The second kappa shape index (κ2) is 6.05. The molecule has 3 nitrogen and oxygen atoms in total. The monoisotopic (exact) mass is 352 g/mol. The van der Waals surface area contributed by atoms with E-state index in [4.69, 9.17) is 44.6 Å². The number of hydrogen-bond donors (Lipinski definition) is 1. The van der Waals surface area contributed by atoms with Crippen molar-refractivity contribution in [2.45, 2.75) is 0 Å². The summed E-state index contributed by atoms with van der Waals surface area (Å²) in [7, 11) is 0. The van der Waals surface area contributed by atoms with Crippen molar-refractivity contribution in [3.05, 3.63) is 56.5 Å². The molecule has 1 N–H and O–H groups in total. The Morgan fingerprint density at radius 3 is 2.00 bits per heavy atom. The van der Waals surface area contributed by atoms with Gasteiger partial charge in [0.25, 0.3) is 0 Å². The maximum Gasteiger partial charge on any atom is 0.335 e. The average Bonchev–Trinajstić information content (AvgIpc) is 2.39. The van der Waals surface area contributed by atoms with Crippen molar-refractivity contribution in [1.29, 1.82) is 0 Å². The largest absolute Gasteiger partial charge is 0.478 e. The summed E-state index contributed by atoms with van der Waals surface area (Å²) in [5.41, 5.74) is -0.544. The highest BCUT2D eigenvalue weighted by Gasteiger charge is 2.18. The topological polar surface area (TPSA) is 46.5 Å². The molecule has 2 aromatic rings. The van der Waals surface area contributed by atoms with Crippen molar-refractivity contribution in [1.82, 2.24) is 0 Å². The third kappa shape index (κ3) is 3.37. The lowest BCUT2D eigenvalue weighted by Crippen LogP contribution is -2.01. The van der Waals surface area contributed by atoms with E-state index in [9.17, 15) is 13.6 Å². The van der Waals surface area contributed by atoms with Gasteiger partial charge in [0.15, 0.2) is 17.4 Å². The zero-order valence-electron chi connectivity index (χ0n) is 9.96. The van der Waals surface area contributed by atoms with Crippen molar-refractivity contribution in [2.24, 2.45) is 0 Å². The van der Waals surface area contributed by atoms with Gasteiger partial charge in [-0.15, -0.1) is 0 Å². The second-order valence-electron chi connectivity index (χ2n) is 3.87. The molecule has 0 atom stereocenters. The Kier molecular flexibility index (Phi) is 4.56. The first-order chi connectivity index (χ1) is 9.79. The number of hydrogen-bond acceptors (Lipinski definition) is 2. The van der Waals surface area contributed by atoms with Crippen molar-refractivity contribution >= 4 is 40.8 Å². The third-order valence-electron chi connectivity index (χ3n) is 2.43. The number of benzene rings is 2. The Hall–Kier alpha value is -1.56. The summed E-state index contributed by atoms with van der Waals surface area (Å²) < 4.78 is 32.5. The molecule has 0 fully saturated rings. The highest BCUT2D eigenvalue weighted by molar-refractivity contribution is 6.43. The highest BCUT2D eigenvalue weighted by atomic mass is 35.5. The quantitative estimate of drug-likeness (QED) is 0.750. The molecule has 0 spiro atoms. The molecular weight excluding hydrogens is 348 g/mol. The summed E-state index contributed by atoms with van der Waals surface area (Å²) in [4.78, 5) is 10.7. The first kappa shape index (κ1) is 15.8. The van der Waals surface area contributed by atoms with Crippen LogP contribution < -0.4 is 4.74 Å². The molecule has 0 aliphatic carbocycles. The molecule has 0 radical (unpaired) electrons. The number of carboxylic acids is 1. The molecule has 2 rings (SSSR count). The first-order valence-electron chi connectivity index (χ1n) is 5.34. The van der Waals surface area contributed by atoms with Crippen molar-refractivity contribution < 1.29 is 23.4 Å². The number of rotatable bonds is 3. The van der Waals surface area contributed by atoms with Gasteiger partial charge >= 0.3 is 5.97 Å². The van der Waals surface area contributed by atoms with Crippen LogP contribution in [0.2, 0.25) is 15.1 Å². The van der Waals surface area contributed by atoms with Crippen LogP contribution in [0.3, 0.4) is 0 Å². The Bertz CT molecular complexity index is 712. The molecule has 8 heteroatoms. The first-order valence-corrected chi connectivity index (χ1v) is 6.47. The van der Waals surface area contributed by atoms with Crippen LogP contribution in [0.25, 0.3) is 0 Å². The van der Waals surface area contributed by atoms with E-state index in [2.05, 4.69) is 0 Å². The normalized spacial score (nSPS) is 10.5. The van der Waals surface area contributed by atoms with Crippen LogP contribution in [0.15, 0.2) is 24.3 Å². The fourth-order valence-electron chi connectivity index (χ4n) is 1.47. The van der Waals surface area contributed by atoms with Gasteiger partial charge in [0.05, 0.1) is 20.6 Å². The van der Waals surface area contributed by atoms with Crippen LogP contribution in [-0.2, 0) is 0 Å². The smallest absolute Gasteiger partial charge is 0.335 e. The maximum atomic E-state index is 13.7. The summed E-state index contributed by atoms with van der Waals surface area (Å²) in [6.45, 7) is 0. The predicted octanol–water partition coefficient (Wildman–Crippen LogP) is 5.42. The van der Waals surface area contributed by atoms with Crippen LogP contribution in [0, 0.1) is 11.6 Å². The molecule has 0 heterocycles. The van der Waals surface area contributed by atoms with E-state index in [0.29, 0.717) is 12.1 Å². The van der Waals surface area contributed by atoms with Crippen molar-refractivity contribution in [3.8, 4) is 11.5 Å². The van der Waals surface area contributed by atoms with Crippen LogP contribution >= 0.6 is 34.8 Å². The van der Waals surface area contributed by atoms with E-state index >= 15 is 0 Å². The number of ether oxygens (including phenoxy) is 1. The SMILES string of the molecule is O=C(O)c1cc(F)c(Oc2cc(Cl)c(Cl)cc2Cl)c(F)c1. The Balaban J connectivity index is 2.45. The summed E-state index contributed by atoms with van der Waals surface area (Å²) in [6.07, 6.45) is 0. The van der Waals surface area contributed by atoms with E-state index in [-0.39, 0.29) is 20.8 Å². The van der Waals surface area contributed by atoms with Gasteiger partial charge in [-0.3, -0.25) is 0 Å². The maximum absolute atomic E-state index is 13.7. The Labute approximate surface area is 132 Å². The van der Waals surface area contributed by atoms with Gasteiger partial charge in [0.1, 0.15) is 5.75 Å². The molecule has 110 valence electrons. The Morgan fingerprint density at radius 2 is 1.48 bits per heavy atom. The van der Waals surface area contributed by atoms with Crippen LogP contribution in [-0.4, -0.2) is 11.1 Å². The lowest BCUT2D eigenvalue weighted by molar-refractivity contribution is 0.0695. The van der Waals surface area contributed by atoms with Crippen molar-refractivity contribution in [3.63, 3.8) is 0 Å². The third-order valence-corrected chi connectivity index (χ3v) is 3.45. The standard InChI is InChI=1S/C13H5Cl3F2O3/c14-6-3-8(16)11(4-7(6)15)21-12-9(17)1-5(13(19)20)2-10(12)18/h1-4H,(H,19,20). The van der Waals surface area contributed by atoms with Gasteiger partial charge < -0.3 is 9.84 Å². The minimum atomic E-state index is -1.47. The number of aromatic carboxylic acids is 1. The molecular formula is C13H5Cl3F2O3. The number of carbonyl (C=O) groups is 1. The minimum Gasteiger partial charge on any atom is -0.478 e. The zero-order valence-corrected chi connectivity index (χ0v) is 12.2. The van der Waals surface area contributed by atoms with E-state index in [0.717, 1.165) is 0 Å². The molecule has 2 aromatic carbocycles. The summed E-state index contributed by atoms with van der Waals surface area (Å²) >= 11 is 17.3. The molecule has 0 aromatic heterocycles. The van der Waals surface area contributed by atoms with Gasteiger partial charge in [-0.2, -0.15) is 0 Å². The predicted molar refractivity (Wildman–Crippen MR) is 74.9 cm³/mol. The molecule has 0 bridgehead atoms. The van der Waals surface area contributed by atoms with Gasteiger partial charge in [0.2, 0.25) is 0 Å². The summed E-state index contributed by atoms with van der Waals surface area (Å²) in [5, 5.41) is 8.92. The molecule has 0 amide bonds. The van der Waals surface area contributed by atoms with Gasteiger partial charge in [0, 0.05) is 6.07 Å². The fraction of sp³-hybridized carbons (Fsp3) is 0. The molecule has 21 heavy (non-hydrogen) atoms. The minimum absolute atomic E-state index is 0.00879. The summed E-state index contributed by atoms with van der Waals surface area (Å²) in [6, 6.07) is 3.71. The van der Waals surface area contributed by atoms with Crippen LogP contribution in [0.5, 0.6) is 11.5 Å². The molecule has 0 saturated carbocycles. The van der Waals surface area contributed by atoms with Gasteiger partial charge in [-0.1, -0.05) is 34.8 Å². The molecule has 0 aliphatic rings. The van der Waals surface area contributed by atoms with E-state index < -0.39 is 28.9 Å². The molecule has 0 aliphatic heterocycles. The number of carboxylic acid groups (broad SMARTS) is 1. The van der Waals surface area contributed by atoms with Crippen molar-refractivity contribution in [2.75, 3.05) is 0 Å². The lowest BCUT2D eigenvalue weighted by Gasteiger charge is -2.11. The van der Waals surface area contributed by atoms with E-state index in [1.54, 1.807) is 0 Å². The molecule has 0 saturated heterocycles. The number of halogens is 5. The Morgan fingerprint density at radius 1 is 0.952 bits per heavy atom. The zero-order chi connectivity index (χ0) is 15.7. The van der Waals surface area contributed by atoms with E-state index in [1.165, 1.54) is 12.1 Å². The van der Waals surface area contributed by atoms with Gasteiger partial charge in [-0.05, 0) is 18.2 Å². The fourth-order valence-corrected chi connectivity index (χ4v) is 2.05. The second-order valence-corrected chi connectivity index (χ2v) is 5.09.